The maximum atomic E-state index is 3.07. The Balaban J connectivity index is 2.93. The normalized spacial score (nSPS) is 7.45. The Bertz CT molecular complexity index is 315. The largest absolute Gasteiger partial charge is 0.342 e. The molecule has 11 heavy (non-hydrogen) atoms. The van der Waals surface area contributed by atoms with Gasteiger partial charge in [-0.05, 0) is 37.8 Å². The molecule has 1 rings (SSSR count). The zero-order valence-electron chi connectivity index (χ0n) is 6.65. The Labute approximate surface area is 66.8 Å². The molecule has 1 N–H and O–H groups in total. The van der Waals surface area contributed by atoms with Crippen LogP contribution in [0.15, 0.2) is 12.1 Å². The molecular formula is C10H9N. The van der Waals surface area contributed by atoms with Crippen molar-refractivity contribution < 1.29 is 0 Å². The molecular weight excluding hydrogens is 134 g/mol. The van der Waals surface area contributed by atoms with Gasteiger partial charge in [0.2, 0.25) is 0 Å². The molecule has 0 spiro atoms. The summed E-state index contributed by atoms with van der Waals surface area (Å²) in [4.78, 5) is 3.07. The third-order valence-corrected chi connectivity index (χ3v) is 1.21. The molecule has 0 saturated carbocycles. The zero-order chi connectivity index (χ0) is 8.10. The van der Waals surface area contributed by atoms with Gasteiger partial charge in [-0.2, -0.15) is 0 Å². The average Bonchev–Trinajstić information content (AvgIpc) is 2.38. The summed E-state index contributed by atoms with van der Waals surface area (Å²) in [6, 6.07) is 3.85. The van der Waals surface area contributed by atoms with Crippen LogP contribution in [0.2, 0.25) is 0 Å². The predicted octanol–water partition coefficient (Wildman–Crippen LogP) is 1.76. The van der Waals surface area contributed by atoms with Crippen LogP contribution in [0.5, 0.6) is 0 Å². The van der Waals surface area contributed by atoms with Crippen molar-refractivity contribution in [1.29, 1.82) is 0 Å². The molecule has 0 aliphatic rings. The summed E-state index contributed by atoms with van der Waals surface area (Å²) in [5.41, 5.74) is 1.84. The van der Waals surface area contributed by atoms with E-state index >= 15 is 0 Å². The number of hydrogen-bond donors (Lipinski definition) is 1. The summed E-state index contributed by atoms with van der Waals surface area (Å²) in [5, 5.41) is 0. The first kappa shape index (κ1) is 7.51. The maximum absolute atomic E-state index is 3.07. The van der Waals surface area contributed by atoms with E-state index in [0.29, 0.717) is 0 Å². The maximum Gasteiger partial charge on any atom is 0.0902 e. The van der Waals surface area contributed by atoms with E-state index in [2.05, 4.69) is 28.7 Å². The highest BCUT2D eigenvalue weighted by atomic mass is 14.7. The van der Waals surface area contributed by atoms with E-state index in [1.165, 1.54) is 0 Å². The first-order valence-electron chi connectivity index (χ1n) is 3.41. The van der Waals surface area contributed by atoms with Gasteiger partial charge < -0.3 is 4.98 Å². The molecule has 1 aromatic heterocycles. The first-order chi connectivity index (χ1) is 5.36. The number of rotatable bonds is 0. The second-order valence-electron chi connectivity index (χ2n) is 2.04. The fraction of sp³-hybridized carbons (Fsp3) is 0.200. The van der Waals surface area contributed by atoms with Crippen LogP contribution in [-0.2, 0) is 0 Å². The molecule has 0 saturated heterocycles. The van der Waals surface area contributed by atoms with Gasteiger partial charge in [0.25, 0.3) is 0 Å². The van der Waals surface area contributed by atoms with E-state index in [1.807, 2.05) is 26.0 Å². The van der Waals surface area contributed by atoms with E-state index in [-0.39, 0.29) is 0 Å². The molecule has 0 aromatic carbocycles. The fourth-order valence-electron chi connectivity index (χ4n) is 0.810. The van der Waals surface area contributed by atoms with E-state index in [9.17, 15) is 0 Å². The molecule has 0 atom stereocenters. The Kier molecular flexibility index (Phi) is 2.42. The van der Waals surface area contributed by atoms with Crippen molar-refractivity contribution >= 4 is 0 Å². The second-order valence-corrected chi connectivity index (χ2v) is 2.04. The summed E-state index contributed by atoms with van der Waals surface area (Å²) >= 11 is 0. The molecule has 0 radical (unpaired) electrons. The van der Waals surface area contributed by atoms with Crippen molar-refractivity contribution in [2.75, 3.05) is 0 Å². The molecule has 1 heteroatoms. The van der Waals surface area contributed by atoms with Crippen LogP contribution in [0.1, 0.15) is 25.2 Å². The molecule has 54 valence electrons. The summed E-state index contributed by atoms with van der Waals surface area (Å²) < 4.78 is 0. The third-order valence-electron chi connectivity index (χ3n) is 1.21. The molecule has 0 amide bonds. The van der Waals surface area contributed by atoms with Gasteiger partial charge in [0.1, 0.15) is 0 Å². The molecule has 0 aliphatic heterocycles. The number of aromatic nitrogens is 1. The molecule has 0 unspecified atom stereocenters. The van der Waals surface area contributed by atoms with Gasteiger partial charge in [-0.3, -0.25) is 0 Å². The van der Waals surface area contributed by atoms with Crippen molar-refractivity contribution in [2.24, 2.45) is 0 Å². The van der Waals surface area contributed by atoms with Crippen LogP contribution >= 0.6 is 0 Å². The molecule has 0 fully saturated rings. The van der Waals surface area contributed by atoms with Crippen molar-refractivity contribution in [2.45, 2.75) is 13.8 Å². The first-order valence-corrected chi connectivity index (χ1v) is 3.41. The summed E-state index contributed by atoms with van der Waals surface area (Å²) in [5.74, 6) is 11.4. The number of aromatic amines is 1. The minimum atomic E-state index is 0.922. The van der Waals surface area contributed by atoms with Crippen LogP contribution in [0, 0.1) is 23.7 Å². The van der Waals surface area contributed by atoms with Gasteiger partial charge in [-0.1, -0.05) is 11.8 Å². The quantitative estimate of drug-likeness (QED) is 0.532. The molecule has 1 nitrogen and oxygen atoms in total. The van der Waals surface area contributed by atoms with Gasteiger partial charge in [0.15, 0.2) is 0 Å². The monoisotopic (exact) mass is 143 g/mol. The van der Waals surface area contributed by atoms with E-state index in [0.717, 1.165) is 11.4 Å². The van der Waals surface area contributed by atoms with Crippen LogP contribution in [0.4, 0.5) is 0 Å². The van der Waals surface area contributed by atoms with Crippen molar-refractivity contribution in [1.82, 2.24) is 4.98 Å². The lowest BCUT2D eigenvalue weighted by Gasteiger charge is -1.78. The van der Waals surface area contributed by atoms with Crippen LogP contribution in [0.25, 0.3) is 0 Å². The molecule has 0 aliphatic carbocycles. The smallest absolute Gasteiger partial charge is 0.0902 e. The SMILES string of the molecule is CC#Cc1ccc(C#CC)[nH]1. The van der Waals surface area contributed by atoms with E-state index < -0.39 is 0 Å². The average molecular weight is 143 g/mol. The third kappa shape index (κ3) is 1.92. The molecule has 1 heterocycles. The lowest BCUT2D eigenvalue weighted by atomic mass is 10.4. The second kappa shape index (κ2) is 3.54. The summed E-state index contributed by atoms with van der Waals surface area (Å²) in [6.07, 6.45) is 0. The highest BCUT2D eigenvalue weighted by Gasteiger charge is 1.89. The summed E-state index contributed by atoms with van der Waals surface area (Å²) in [6.45, 7) is 3.62. The van der Waals surface area contributed by atoms with Crippen molar-refractivity contribution in [3.63, 3.8) is 0 Å². The van der Waals surface area contributed by atoms with Gasteiger partial charge in [0, 0.05) is 0 Å². The number of nitrogens with one attached hydrogen (secondary N) is 1. The Morgan fingerprint density at radius 1 is 1.00 bits per heavy atom. The van der Waals surface area contributed by atoms with Gasteiger partial charge >= 0.3 is 0 Å². The highest BCUT2D eigenvalue weighted by Crippen LogP contribution is 1.97. The Hall–Kier alpha value is -1.60. The van der Waals surface area contributed by atoms with Gasteiger partial charge in [0.05, 0.1) is 11.4 Å². The topological polar surface area (TPSA) is 15.8 Å². The minimum absolute atomic E-state index is 0.922. The molecule has 0 bridgehead atoms. The van der Waals surface area contributed by atoms with E-state index in [4.69, 9.17) is 0 Å². The lowest BCUT2D eigenvalue weighted by molar-refractivity contribution is 1.33. The zero-order valence-corrected chi connectivity index (χ0v) is 6.65. The molecule has 1 aromatic rings. The highest BCUT2D eigenvalue weighted by molar-refractivity contribution is 5.36. The minimum Gasteiger partial charge on any atom is -0.342 e. The van der Waals surface area contributed by atoms with Crippen LogP contribution in [-0.4, -0.2) is 4.98 Å². The van der Waals surface area contributed by atoms with Gasteiger partial charge in [-0.25, -0.2) is 0 Å². The standard InChI is InChI=1S/C10H9N/c1-3-5-9-7-8-10(11-9)6-4-2/h7-8,11H,1-2H3. The fourth-order valence-corrected chi connectivity index (χ4v) is 0.810. The van der Waals surface area contributed by atoms with Crippen LogP contribution < -0.4 is 0 Å². The van der Waals surface area contributed by atoms with Crippen molar-refractivity contribution in [3.8, 4) is 23.7 Å². The van der Waals surface area contributed by atoms with Gasteiger partial charge in [-0.15, -0.1) is 0 Å². The van der Waals surface area contributed by atoms with Crippen LogP contribution in [0.3, 0.4) is 0 Å². The number of hydrogen-bond acceptors (Lipinski definition) is 0. The van der Waals surface area contributed by atoms with E-state index in [1.54, 1.807) is 0 Å². The Morgan fingerprint density at radius 2 is 1.45 bits per heavy atom. The Morgan fingerprint density at radius 3 is 1.82 bits per heavy atom. The number of H-pyrrole nitrogens is 1. The summed E-state index contributed by atoms with van der Waals surface area (Å²) in [7, 11) is 0. The van der Waals surface area contributed by atoms with Crippen molar-refractivity contribution in [3.05, 3.63) is 23.5 Å². The predicted molar refractivity (Wildman–Crippen MR) is 45.9 cm³/mol. The lowest BCUT2D eigenvalue weighted by Crippen LogP contribution is -1.74.